The van der Waals surface area contributed by atoms with E-state index in [1.807, 2.05) is 36.4 Å². The van der Waals surface area contributed by atoms with Crippen molar-refractivity contribution in [2.24, 2.45) is 0 Å². The van der Waals surface area contributed by atoms with Crippen LogP contribution in [0, 0.1) is 0 Å². The van der Waals surface area contributed by atoms with Gasteiger partial charge in [-0.2, -0.15) is 0 Å². The van der Waals surface area contributed by atoms with Crippen LogP contribution < -0.4 is 10.5 Å². The first-order chi connectivity index (χ1) is 10.1. The second-order valence-electron chi connectivity index (χ2n) is 4.74. The fourth-order valence-electron chi connectivity index (χ4n) is 2.17. The van der Waals surface area contributed by atoms with E-state index in [0.29, 0.717) is 17.3 Å². The highest BCUT2D eigenvalue weighted by Gasteiger charge is 2.06. The molecule has 0 fully saturated rings. The first kappa shape index (κ1) is 14.2. The zero-order valence-corrected chi connectivity index (χ0v) is 13.5. The molecule has 0 aliphatic rings. The van der Waals surface area contributed by atoms with E-state index in [9.17, 15) is 0 Å². The zero-order chi connectivity index (χ0) is 14.8. The van der Waals surface area contributed by atoms with Gasteiger partial charge < -0.3 is 10.5 Å². The number of hydrogen-bond donors (Lipinski definition) is 1. The smallest absolute Gasteiger partial charge is 0.134 e. The first-order valence-electron chi connectivity index (χ1n) is 6.49. The Bertz CT molecular complexity index is 804. The molecule has 3 aromatic rings. The Morgan fingerprint density at radius 2 is 1.86 bits per heavy atom. The Morgan fingerprint density at radius 3 is 2.67 bits per heavy atom. The molecule has 2 N–H and O–H groups in total. The highest BCUT2D eigenvalue weighted by Crippen LogP contribution is 2.33. The number of nitrogens with two attached hydrogens (primary N) is 1. The summed E-state index contributed by atoms with van der Waals surface area (Å²) < 4.78 is 6.84. The first-order valence-corrected chi connectivity index (χ1v) is 7.66. The van der Waals surface area contributed by atoms with Crippen molar-refractivity contribution in [1.29, 1.82) is 0 Å². The minimum atomic E-state index is 0.443. The summed E-state index contributed by atoms with van der Waals surface area (Å²) in [7, 11) is 0. The molecule has 3 rings (SSSR count). The van der Waals surface area contributed by atoms with Crippen LogP contribution in [0.5, 0.6) is 5.75 Å². The number of ether oxygens (including phenoxy) is 1. The van der Waals surface area contributed by atoms with Crippen molar-refractivity contribution in [2.45, 2.75) is 6.61 Å². The molecule has 4 heteroatoms. The molecule has 0 aliphatic carbocycles. The maximum absolute atomic E-state index is 5.92. The highest BCUT2D eigenvalue weighted by atomic mass is 79.9. The van der Waals surface area contributed by atoms with Gasteiger partial charge in [0.2, 0.25) is 0 Å². The maximum atomic E-state index is 5.92. The van der Waals surface area contributed by atoms with E-state index >= 15 is 0 Å². The van der Waals surface area contributed by atoms with E-state index in [1.54, 1.807) is 6.07 Å². The third-order valence-electron chi connectivity index (χ3n) is 3.28. The number of nitrogen functional groups attached to an aromatic ring is 1. The molecular formula is C17H13BrClNO. The van der Waals surface area contributed by atoms with Gasteiger partial charge in [-0.3, -0.25) is 0 Å². The molecule has 0 saturated carbocycles. The lowest BCUT2D eigenvalue weighted by atomic mass is 10.1. The van der Waals surface area contributed by atoms with Crippen molar-refractivity contribution in [2.75, 3.05) is 5.73 Å². The quantitative estimate of drug-likeness (QED) is 0.632. The number of fused-ring (bicyclic) bond motifs is 1. The summed E-state index contributed by atoms with van der Waals surface area (Å²) >= 11 is 9.53. The predicted molar refractivity (Wildman–Crippen MR) is 91.8 cm³/mol. The molecular weight excluding hydrogens is 350 g/mol. The molecule has 21 heavy (non-hydrogen) atoms. The van der Waals surface area contributed by atoms with Crippen molar-refractivity contribution >= 4 is 44.0 Å². The Labute approximate surface area is 136 Å². The van der Waals surface area contributed by atoms with Crippen molar-refractivity contribution in [3.63, 3.8) is 0 Å². The monoisotopic (exact) mass is 361 g/mol. The lowest BCUT2D eigenvalue weighted by molar-refractivity contribution is 0.305. The van der Waals surface area contributed by atoms with Gasteiger partial charge in [0.1, 0.15) is 12.4 Å². The van der Waals surface area contributed by atoms with Crippen LogP contribution in [-0.2, 0) is 6.61 Å². The van der Waals surface area contributed by atoms with Crippen LogP contribution in [0.15, 0.2) is 59.1 Å². The minimum absolute atomic E-state index is 0.443. The fourth-order valence-corrected chi connectivity index (χ4v) is 2.89. The topological polar surface area (TPSA) is 35.2 Å². The Morgan fingerprint density at radius 1 is 1.05 bits per heavy atom. The van der Waals surface area contributed by atoms with E-state index in [0.717, 1.165) is 21.2 Å². The molecule has 0 aliphatic heterocycles. The standard InChI is InChI=1S/C17H13BrClNO/c18-17-13-4-2-1-3-12(13)6-8-16(17)21-10-11-5-7-14(19)15(20)9-11/h1-9H,10,20H2. The Hall–Kier alpha value is -1.71. The summed E-state index contributed by atoms with van der Waals surface area (Å²) in [6, 6.07) is 17.7. The molecule has 0 heterocycles. The summed E-state index contributed by atoms with van der Waals surface area (Å²) in [5.41, 5.74) is 7.35. The number of benzene rings is 3. The Balaban J connectivity index is 1.85. The van der Waals surface area contributed by atoms with Crippen LogP contribution in [0.25, 0.3) is 10.8 Å². The second kappa shape index (κ2) is 5.96. The minimum Gasteiger partial charge on any atom is -0.488 e. The van der Waals surface area contributed by atoms with Gasteiger partial charge in [-0.1, -0.05) is 48.0 Å². The summed E-state index contributed by atoms with van der Waals surface area (Å²) in [6.45, 7) is 0.443. The van der Waals surface area contributed by atoms with Gasteiger partial charge in [0.05, 0.1) is 15.2 Å². The van der Waals surface area contributed by atoms with Crippen LogP contribution >= 0.6 is 27.5 Å². The molecule has 0 unspecified atom stereocenters. The van der Waals surface area contributed by atoms with Gasteiger partial charge in [0.25, 0.3) is 0 Å². The third-order valence-corrected chi connectivity index (χ3v) is 4.44. The van der Waals surface area contributed by atoms with Crippen LogP contribution in [0.4, 0.5) is 5.69 Å². The van der Waals surface area contributed by atoms with Crippen molar-refractivity contribution in [1.82, 2.24) is 0 Å². The summed E-state index contributed by atoms with van der Waals surface area (Å²) in [6.07, 6.45) is 0. The molecule has 0 atom stereocenters. The van der Waals surface area contributed by atoms with E-state index in [4.69, 9.17) is 22.1 Å². The van der Waals surface area contributed by atoms with Crippen LogP contribution in [0.3, 0.4) is 0 Å². The average Bonchev–Trinajstić information content (AvgIpc) is 2.50. The normalized spacial score (nSPS) is 10.8. The molecule has 0 bridgehead atoms. The van der Waals surface area contributed by atoms with Gasteiger partial charge in [-0.15, -0.1) is 0 Å². The van der Waals surface area contributed by atoms with Gasteiger partial charge in [-0.25, -0.2) is 0 Å². The van der Waals surface area contributed by atoms with E-state index in [-0.39, 0.29) is 0 Å². The third kappa shape index (κ3) is 2.99. The van der Waals surface area contributed by atoms with Gasteiger partial charge in [0, 0.05) is 0 Å². The number of halogens is 2. The molecule has 0 radical (unpaired) electrons. The predicted octanol–water partition coefficient (Wildman–Crippen LogP) is 5.42. The highest BCUT2D eigenvalue weighted by molar-refractivity contribution is 9.10. The molecule has 3 aromatic carbocycles. The van der Waals surface area contributed by atoms with Crippen LogP contribution in [-0.4, -0.2) is 0 Å². The van der Waals surface area contributed by atoms with Gasteiger partial charge in [0.15, 0.2) is 0 Å². The molecule has 0 saturated heterocycles. The molecule has 2 nitrogen and oxygen atoms in total. The summed E-state index contributed by atoms with van der Waals surface area (Å²) in [5, 5.41) is 2.86. The lowest BCUT2D eigenvalue weighted by Crippen LogP contribution is -1.98. The number of rotatable bonds is 3. The van der Waals surface area contributed by atoms with E-state index < -0.39 is 0 Å². The average molecular weight is 363 g/mol. The van der Waals surface area contributed by atoms with Gasteiger partial charge >= 0.3 is 0 Å². The fraction of sp³-hybridized carbons (Fsp3) is 0.0588. The van der Waals surface area contributed by atoms with Crippen molar-refractivity contribution in [3.8, 4) is 5.75 Å². The van der Waals surface area contributed by atoms with Crippen molar-refractivity contribution in [3.05, 3.63) is 69.7 Å². The zero-order valence-electron chi connectivity index (χ0n) is 11.1. The maximum Gasteiger partial charge on any atom is 0.134 e. The van der Waals surface area contributed by atoms with E-state index in [2.05, 4.69) is 28.1 Å². The molecule has 0 spiro atoms. The van der Waals surface area contributed by atoms with E-state index in [1.165, 1.54) is 5.39 Å². The van der Waals surface area contributed by atoms with Gasteiger partial charge in [-0.05, 0) is 50.5 Å². The largest absolute Gasteiger partial charge is 0.488 e. The summed E-state index contributed by atoms with van der Waals surface area (Å²) in [5.74, 6) is 0.808. The SMILES string of the molecule is Nc1cc(COc2ccc3ccccc3c2Br)ccc1Cl. The molecule has 0 amide bonds. The lowest BCUT2D eigenvalue weighted by Gasteiger charge is -2.11. The Kier molecular flexibility index (Phi) is 4.04. The van der Waals surface area contributed by atoms with Crippen LogP contribution in [0.2, 0.25) is 5.02 Å². The number of anilines is 1. The second-order valence-corrected chi connectivity index (χ2v) is 5.94. The molecule has 106 valence electrons. The van der Waals surface area contributed by atoms with Crippen LogP contribution in [0.1, 0.15) is 5.56 Å². The molecule has 0 aromatic heterocycles. The number of hydrogen-bond acceptors (Lipinski definition) is 2. The van der Waals surface area contributed by atoms with Crippen molar-refractivity contribution < 1.29 is 4.74 Å². The summed E-state index contributed by atoms with van der Waals surface area (Å²) in [4.78, 5) is 0.